The smallest absolute Gasteiger partial charge is 0.338 e. The van der Waals surface area contributed by atoms with Crippen LogP contribution in [0.25, 0.3) is 0 Å². The summed E-state index contributed by atoms with van der Waals surface area (Å²) in [6.07, 6.45) is 2.40. The van der Waals surface area contributed by atoms with E-state index in [1.807, 2.05) is 32.0 Å². The van der Waals surface area contributed by atoms with Gasteiger partial charge in [-0.3, -0.25) is 9.00 Å². The predicted octanol–water partition coefficient (Wildman–Crippen LogP) is 3.23. The molecule has 1 amide bonds. The van der Waals surface area contributed by atoms with E-state index < -0.39 is 16.8 Å². The minimum Gasteiger partial charge on any atom is -0.452 e. The number of nitrogens with one attached hydrogen (secondary N) is 1. The number of ether oxygens (including phenoxy) is 1. The van der Waals surface area contributed by atoms with Crippen LogP contribution in [0.15, 0.2) is 42.5 Å². The summed E-state index contributed by atoms with van der Waals surface area (Å²) in [5.41, 5.74) is 3.89. The van der Waals surface area contributed by atoms with Crippen LogP contribution in [0.2, 0.25) is 0 Å². The topological polar surface area (TPSA) is 72.5 Å². The first-order valence-electron chi connectivity index (χ1n) is 8.35. The number of benzene rings is 2. The number of anilines is 1. The van der Waals surface area contributed by atoms with Crippen molar-refractivity contribution in [2.24, 2.45) is 0 Å². The zero-order valence-corrected chi connectivity index (χ0v) is 16.0. The van der Waals surface area contributed by atoms with E-state index in [0.29, 0.717) is 11.3 Å². The van der Waals surface area contributed by atoms with Crippen molar-refractivity contribution in [3.8, 4) is 0 Å². The lowest BCUT2D eigenvalue weighted by Gasteiger charge is -2.13. The van der Waals surface area contributed by atoms with Crippen molar-refractivity contribution in [2.75, 3.05) is 18.2 Å². The largest absolute Gasteiger partial charge is 0.452 e. The van der Waals surface area contributed by atoms with Gasteiger partial charge in [0.15, 0.2) is 6.61 Å². The zero-order chi connectivity index (χ0) is 19.1. The third-order valence-electron chi connectivity index (χ3n) is 3.87. The van der Waals surface area contributed by atoms with Crippen molar-refractivity contribution in [3.63, 3.8) is 0 Å². The van der Waals surface area contributed by atoms with Gasteiger partial charge in [0.25, 0.3) is 5.91 Å². The van der Waals surface area contributed by atoms with Crippen molar-refractivity contribution >= 4 is 28.4 Å². The number of rotatable bonds is 7. The van der Waals surface area contributed by atoms with E-state index in [2.05, 4.69) is 5.32 Å². The molecule has 0 aromatic heterocycles. The molecule has 138 valence electrons. The summed E-state index contributed by atoms with van der Waals surface area (Å²) in [7, 11) is -0.994. The van der Waals surface area contributed by atoms with Crippen molar-refractivity contribution in [1.82, 2.24) is 0 Å². The molecule has 2 rings (SSSR count). The normalized spacial score (nSPS) is 11.7. The number of amides is 1. The van der Waals surface area contributed by atoms with Crippen molar-refractivity contribution in [1.29, 1.82) is 0 Å². The van der Waals surface area contributed by atoms with Gasteiger partial charge in [-0.2, -0.15) is 0 Å². The molecule has 0 aliphatic carbocycles. The van der Waals surface area contributed by atoms with Crippen molar-refractivity contribution in [2.45, 2.75) is 26.0 Å². The van der Waals surface area contributed by atoms with Crippen LogP contribution < -0.4 is 5.32 Å². The summed E-state index contributed by atoms with van der Waals surface area (Å²) in [6, 6.07) is 12.6. The maximum Gasteiger partial charge on any atom is 0.338 e. The molecular weight excluding hydrogens is 350 g/mol. The lowest BCUT2D eigenvalue weighted by Crippen LogP contribution is -2.22. The minimum atomic E-state index is -0.994. The summed E-state index contributed by atoms with van der Waals surface area (Å²) in [6.45, 7) is 3.57. The Labute approximate surface area is 156 Å². The highest BCUT2D eigenvalue weighted by molar-refractivity contribution is 7.83. The number of hydrogen-bond donors (Lipinski definition) is 1. The third kappa shape index (κ3) is 5.52. The molecule has 0 aliphatic rings. The van der Waals surface area contributed by atoms with Crippen LogP contribution >= 0.6 is 0 Å². The number of aryl methyl sites for hydroxylation is 2. The van der Waals surface area contributed by atoms with Gasteiger partial charge in [0, 0.05) is 28.5 Å². The molecule has 1 unspecified atom stereocenters. The fourth-order valence-corrected chi connectivity index (χ4v) is 3.26. The van der Waals surface area contributed by atoms with Gasteiger partial charge < -0.3 is 10.1 Å². The molecule has 2 aromatic rings. The standard InChI is InChI=1S/C20H23NO4S/c1-4-16-9-5-7-14(2)19(16)21-18(22)12-25-20(23)17-10-6-8-15(11-17)13-26(3)24/h5-11H,4,12-13H2,1-3H3,(H,21,22). The van der Waals surface area contributed by atoms with Crippen molar-refractivity contribution < 1.29 is 18.5 Å². The van der Waals surface area contributed by atoms with Crippen LogP contribution in [-0.4, -0.2) is 28.9 Å². The molecule has 0 fully saturated rings. The number of carbonyl (C=O) groups is 2. The van der Waals surface area contributed by atoms with Crippen molar-refractivity contribution in [3.05, 3.63) is 64.7 Å². The fourth-order valence-electron chi connectivity index (χ4n) is 2.61. The van der Waals surface area contributed by atoms with Gasteiger partial charge in [-0.25, -0.2) is 4.79 Å². The highest BCUT2D eigenvalue weighted by Crippen LogP contribution is 2.21. The molecule has 1 atom stereocenters. The first-order valence-corrected chi connectivity index (χ1v) is 10.1. The molecule has 0 saturated heterocycles. The highest BCUT2D eigenvalue weighted by Gasteiger charge is 2.13. The van der Waals surface area contributed by atoms with Crippen LogP contribution in [-0.2, 0) is 32.5 Å². The number of carbonyl (C=O) groups excluding carboxylic acids is 2. The molecule has 0 aliphatic heterocycles. The lowest BCUT2D eigenvalue weighted by molar-refractivity contribution is -0.119. The summed E-state index contributed by atoms with van der Waals surface area (Å²) < 4.78 is 16.4. The second-order valence-electron chi connectivity index (χ2n) is 6.00. The SMILES string of the molecule is CCc1cccc(C)c1NC(=O)COC(=O)c1cccc(CS(C)=O)c1. The van der Waals surface area contributed by atoms with Gasteiger partial charge >= 0.3 is 5.97 Å². The first-order chi connectivity index (χ1) is 12.4. The van der Waals surface area contributed by atoms with E-state index in [9.17, 15) is 13.8 Å². The molecule has 5 nitrogen and oxygen atoms in total. The van der Waals surface area contributed by atoms with E-state index in [1.54, 1.807) is 30.5 Å². The predicted molar refractivity (Wildman–Crippen MR) is 104 cm³/mol. The molecule has 6 heteroatoms. The van der Waals surface area contributed by atoms with E-state index in [-0.39, 0.29) is 12.5 Å². The second kappa shape index (κ2) is 9.29. The fraction of sp³-hybridized carbons (Fsp3) is 0.300. The zero-order valence-electron chi connectivity index (χ0n) is 15.2. The van der Waals surface area contributed by atoms with Gasteiger partial charge in [-0.1, -0.05) is 37.3 Å². The average Bonchev–Trinajstić information content (AvgIpc) is 2.61. The maximum absolute atomic E-state index is 12.2. The Balaban J connectivity index is 1.97. The van der Waals surface area contributed by atoms with Crippen LogP contribution in [0.4, 0.5) is 5.69 Å². The Morgan fingerprint density at radius 1 is 1.15 bits per heavy atom. The second-order valence-corrected chi connectivity index (χ2v) is 7.44. The Hall–Kier alpha value is -2.47. The minimum absolute atomic E-state index is 0.339. The summed E-state index contributed by atoms with van der Waals surface area (Å²) in [5.74, 6) is -0.591. The van der Waals surface area contributed by atoms with Gasteiger partial charge in [-0.15, -0.1) is 0 Å². The molecule has 0 spiro atoms. The first kappa shape index (κ1) is 19.8. The molecule has 1 N–H and O–H groups in total. The molecule has 2 aromatic carbocycles. The number of esters is 1. The van der Waals surface area contributed by atoms with Gasteiger partial charge in [0.2, 0.25) is 0 Å². The van der Waals surface area contributed by atoms with Crippen LogP contribution in [0, 0.1) is 6.92 Å². The number of para-hydroxylation sites is 1. The van der Waals surface area contributed by atoms with Crippen LogP contribution in [0.1, 0.15) is 34.0 Å². The molecule has 0 bridgehead atoms. The molecular formula is C20H23NO4S. The highest BCUT2D eigenvalue weighted by atomic mass is 32.2. The van der Waals surface area contributed by atoms with Gasteiger partial charge in [0.1, 0.15) is 0 Å². The lowest BCUT2D eigenvalue weighted by atomic mass is 10.1. The van der Waals surface area contributed by atoms with Crippen LogP contribution in [0.5, 0.6) is 0 Å². The Morgan fingerprint density at radius 3 is 2.58 bits per heavy atom. The summed E-state index contributed by atoms with van der Waals surface area (Å²) in [4.78, 5) is 24.3. The summed E-state index contributed by atoms with van der Waals surface area (Å²) in [5, 5.41) is 2.82. The molecule has 26 heavy (non-hydrogen) atoms. The summed E-state index contributed by atoms with van der Waals surface area (Å²) >= 11 is 0. The molecule has 0 radical (unpaired) electrons. The Bertz CT molecular complexity index is 832. The average molecular weight is 373 g/mol. The molecule has 0 saturated carbocycles. The Kier molecular flexibility index (Phi) is 7.09. The van der Waals surface area contributed by atoms with Gasteiger partial charge in [-0.05, 0) is 42.2 Å². The third-order valence-corrected chi connectivity index (χ3v) is 4.61. The Morgan fingerprint density at radius 2 is 1.88 bits per heavy atom. The van der Waals surface area contributed by atoms with E-state index in [4.69, 9.17) is 4.74 Å². The quantitative estimate of drug-likeness (QED) is 0.757. The van der Waals surface area contributed by atoms with Gasteiger partial charge in [0.05, 0.1) is 5.56 Å². The monoisotopic (exact) mass is 373 g/mol. The molecule has 0 heterocycles. The van der Waals surface area contributed by atoms with E-state index in [0.717, 1.165) is 28.8 Å². The maximum atomic E-state index is 12.2. The van der Waals surface area contributed by atoms with E-state index >= 15 is 0 Å². The number of hydrogen-bond acceptors (Lipinski definition) is 4. The van der Waals surface area contributed by atoms with E-state index in [1.165, 1.54) is 0 Å². The van der Waals surface area contributed by atoms with Crippen LogP contribution in [0.3, 0.4) is 0 Å².